The molecular weight excluding hydrogens is 160 g/mol. The highest BCUT2D eigenvalue weighted by atomic mass is 16.1. The topological polar surface area (TPSA) is 17.1 Å². The molecule has 1 nitrogen and oxygen atoms in total. The summed E-state index contributed by atoms with van der Waals surface area (Å²) in [6.45, 7) is 8.35. The molecule has 0 radical (unpaired) electrons. The van der Waals surface area contributed by atoms with E-state index in [1.165, 1.54) is 5.57 Å². The quantitative estimate of drug-likeness (QED) is 0.602. The maximum Gasteiger partial charge on any atom is 0.158 e. The minimum Gasteiger partial charge on any atom is -0.295 e. The molecule has 1 heteroatoms. The number of ketones is 1. The Morgan fingerprint density at radius 2 is 2.00 bits per heavy atom. The highest BCUT2D eigenvalue weighted by Crippen LogP contribution is 2.39. The third kappa shape index (κ3) is 1.90. The molecule has 1 aliphatic rings. The monoisotopic (exact) mass is 178 g/mol. The fourth-order valence-corrected chi connectivity index (χ4v) is 1.92. The smallest absolute Gasteiger partial charge is 0.158 e. The van der Waals surface area contributed by atoms with Crippen LogP contribution in [0.1, 0.15) is 40.5 Å². The number of allylic oxidation sites excluding steroid dienone is 4. The first kappa shape index (κ1) is 10.2. The number of hydrogen-bond donors (Lipinski definition) is 0. The Labute approximate surface area is 80.5 Å². The third-order valence-electron chi connectivity index (χ3n) is 2.86. The molecule has 0 heterocycles. The second-order valence-electron chi connectivity index (χ2n) is 4.35. The van der Waals surface area contributed by atoms with Gasteiger partial charge in [0.25, 0.3) is 0 Å². The van der Waals surface area contributed by atoms with Gasteiger partial charge in [0, 0.05) is 6.42 Å². The van der Waals surface area contributed by atoms with Crippen molar-refractivity contribution >= 4 is 5.78 Å². The van der Waals surface area contributed by atoms with Crippen molar-refractivity contribution < 1.29 is 4.79 Å². The summed E-state index contributed by atoms with van der Waals surface area (Å²) in [5, 5.41) is 0. The predicted molar refractivity (Wildman–Crippen MR) is 55.5 cm³/mol. The highest BCUT2D eigenvalue weighted by molar-refractivity contribution is 5.97. The van der Waals surface area contributed by atoms with Gasteiger partial charge in [0.1, 0.15) is 0 Å². The van der Waals surface area contributed by atoms with E-state index in [4.69, 9.17) is 0 Å². The van der Waals surface area contributed by atoms with E-state index in [2.05, 4.69) is 19.9 Å². The second kappa shape index (κ2) is 3.49. The van der Waals surface area contributed by atoms with Crippen LogP contribution in [0.15, 0.2) is 23.3 Å². The van der Waals surface area contributed by atoms with E-state index in [1.807, 2.05) is 19.9 Å². The lowest BCUT2D eigenvalue weighted by molar-refractivity contribution is -0.116. The van der Waals surface area contributed by atoms with Gasteiger partial charge in [0.2, 0.25) is 0 Å². The number of Topliss-reactive ketones (excluding diaryl/α,β-unsaturated/α-hetero) is 1. The first-order valence-electron chi connectivity index (χ1n) is 4.86. The number of rotatable bonds is 1. The van der Waals surface area contributed by atoms with Crippen LogP contribution in [0.25, 0.3) is 0 Å². The van der Waals surface area contributed by atoms with Gasteiger partial charge in [-0.3, -0.25) is 4.79 Å². The van der Waals surface area contributed by atoms with Gasteiger partial charge in [0.15, 0.2) is 5.78 Å². The molecule has 0 aromatic carbocycles. The van der Waals surface area contributed by atoms with E-state index in [1.54, 1.807) is 0 Å². The van der Waals surface area contributed by atoms with Gasteiger partial charge in [-0.15, -0.1) is 0 Å². The lowest BCUT2D eigenvalue weighted by Crippen LogP contribution is -2.24. The molecule has 72 valence electrons. The van der Waals surface area contributed by atoms with Gasteiger partial charge in [0.05, 0.1) is 0 Å². The molecule has 0 aromatic rings. The second-order valence-corrected chi connectivity index (χ2v) is 4.35. The summed E-state index contributed by atoms with van der Waals surface area (Å²) in [7, 11) is 0. The van der Waals surface area contributed by atoms with Gasteiger partial charge >= 0.3 is 0 Å². The van der Waals surface area contributed by atoms with Gasteiger partial charge < -0.3 is 0 Å². The Kier molecular flexibility index (Phi) is 2.74. The summed E-state index contributed by atoms with van der Waals surface area (Å²) in [5.41, 5.74) is 2.34. The number of carbonyl (C=O) groups excluding carboxylic acids is 1. The van der Waals surface area contributed by atoms with Crippen molar-refractivity contribution in [2.45, 2.75) is 40.5 Å². The Balaban J connectivity index is 3.17. The van der Waals surface area contributed by atoms with Gasteiger partial charge in [-0.05, 0) is 36.8 Å². The van der Waals surface area contributed by atoms with Crippen LogP contribution in [0.3, 0.4) is 0 Å². The van der Waals surface area contributed by atoms with Crippen LogP contribution in [0.5, 0.6) is 0 Å². The minimum atomic E-state index is 0.171. The third-order valence-corrected chi connectivity index (χ3v) is 2.86. The van der Waals surface area contributed by atoms with Crippen LogP contribution < -0.4 is 0 Å². The maximum absolute atomic E-state index is 11.5. The van der Waals surface area contributed by atoms with E-state index in [-0.39, 0.29) is 5.41 Å². The molecule has 0 aromatic heterocycles. The zero-order valence-electron chi connectivity index (χ0n) is 8.98. The Morgan fingerprint density at radius 1 is 1.38 bits per heavy atom. The molecule has 0 bridgehead atoms. The summed E-state index contributed by atoms with van der Waals surface area (Å²) in [4.78, 5) is 11.5. The summed E-state index contributed by atoms with van der Waals surface area (Å²) in [5.74, 6) is 0.312. The van der Waals surface area contributed by atoms with Crippen LogP contribution in [0.2, 0.25) is 0 Å². The van der Waals surface area contributed by atoms with Gasteiger partial charge in [-0.1, -0.05) is 26.0 Å². The molecular formula is C12H18O. The van der Waals surface area contributed by atoms with Crippen molar-refractivity contribution in [1.82, 2.24) is 0 Å². The van der Waals surface area contributed by atoms with Crippen molar-refractivity contribution in [1.29, 1.82) is 0 Å². The fourth-order valence-electron chi connectivity index (χ4n) is 1.92. The van der Waals surface area contributed by atoms with E-state index in [9.17, 15) is 4.79 Å². The lowest BCUT2D eigenvalue weighted by atomic mass is 9.72. The van der Waals surface area contributed by atoms with E-state index >= 15 is 0 Å². The Morgan fingerprint density at radius 3 is 2.54 bits per heavy atom. The highest BCUT2D eigenvalue weighted by Gasteiger charge is 2.30. The molecule has 0 unspecified atom stereocenters. The average Bonchev–Trinajstić information content (AvgIpc) is 2.07. The van der Waals surface area contributed by atoms with E-state index in [0.717, 1.165) is 12.0 Å². The maximum atomic E-state index is 11.5. The van der Waals surface area contributed by atoms with Crippen LogP contribution in [0.4, 0.5) is 0 Å². The number of carbonyl (C=O) groups is 1. The summed E-state index contributed by atoms with van der Waals surface area (Å²) in [6.07, 6.45) is 5.77. The average molecular weight is 178 g/mol. The van der Waals surface area contributed by atoms with Crippen molar-refractivity contribution in [3.63, 3.8) is 0 Å². The minimum absolute atomic E-state index is 0.171. The van der Waals surface area contributed by atoms with Crippen LogP contribution in [-0.2, 0) is 4.79 Å². The van der Waals surface area contributed by atoms with Crippen LogP contribution in [0, 0.1) is 5.41 Å². The normalized spacial score (nSPS) is 22.9. The molecule has 0 spiro atoms. The summed E-state index contributed by atoms with van der Waals surface area (Å²) in [6, 6.07) is 0. The fraction of sp³-hybridized carbons (Fsp3) is 0.583. The van der Waals surface area contributed by atoms with Gasteiger partial charge in [-0.25, -0.2) is 0 Å². The van der Waals surface area contributed by atoms with Crippen molar-refractivity contribution in [3.8, 4) is 0 Å². The number of hydrogen-bond acceptors (Lipinski definition) is 1. The van der Waals surface area contributed by atoms with Gasteiger partial charge in [-0.2, -0.15) is 0 Å². The largest absolute Gasteiger partial charge is 0.295 e. The summed E-state index contributed by atoms with van der Waals surface area (Å²) >= 11 is 0. The zero-order chi connectivity index (χ0) is 10.1. The van der Waals surface area contributed by atoms with Crippen molar-refractivity contribution in [3.05, 3.63) is 23.3 Å². The molecule has 0 aliphatic heterocycles. The lowest BCUT2D eigenvalue weighted by Gasteiger charge is -2.31. The molecule has 0 N–H and O–H groups in total. The molecule has 0 saturated heterocycles. The van der Waals surface area contributed by atoms with Crippen LogP contribution in [-0.4, -0.2) is 5.78 Å². The Bertz CT molecular complexity index is 279. The van der Waals surface area contributed by atoms with Crippen LogP contribution >= 0.6 is 0 Å². The molecule has 0 atom stereocenters. The molecule has 13 heavy (non-hydrogen) atoms. The molecule has 0 saturated carbocycles. The predicted octanol–water partition coefficient (Wildman–Crippen LogP) is 3.27. The SMILES string of the molecule is CC=CC1=C(C)C(=O)CCC1(C)C. The molecule has 0 amide bonds. The van der Waals surface area contributed by atoms with E-state index in [0.29, 0.717) is 12.2 Å². The standard InChI is InChI=1S/C12H18O/c1-5-6-10-9(2)11(13)7-8-12(10,3)4/h5-6H,7-8H2,1-4H3. The van der Waals surface area contributed by atoms with Crippen molar-refractivity contribution in [2.24, 2.45) is 5.41 Å². The molecule has 1 rings (SSSR count). The molecule has 1 aliphatic carbocycles. The molecule has 0 fully saturated rings. The van der Waals surface area contributed by atoms with Crippen molar-refractivity contribution in [2.75, 3.05) is 0 Å². The summed E-state index contributed by atoms with van der Waals surface area (Å²) < 4.78 is 0. The first-order chi connectivity index (χ1) is 5.99. The first-order valence-corrected chi connectivity index (χ1v) is 4.86. The van der Waals surface area contributed by atoms with E-state index < -0.39 is 0 Å². The Hall–Kier alpha value is -0.850. The zero-order valence-corrected chi connectivity index (χ0v) is 8.98.